The van der Waals surface area contributed by atoms with Crippen LogP contribution in [0.25, 0.3) is 0 Å². The third-order valence-electron chi connectivity index (χ3n) is 10.1. The van der Waals surface area contributed by atoms with Crippen molar-refractivity contribution < 1.29 is 19.2 Å². The van der Waals surface area contributed by atoms with E-state index in [1.807, 2.05) is 16.7 Å². The third-order valence-corrected chi connectivity index (χ3v) is 10.9. The van der Waals surface area contributed by atoms with Gasteiger partial charge >= 0.3 is 0 Å². The highest BCUT2D eigenvalue weighted by Gasteiger charge is 2.62. The fourth-order valence-corrected chi connectivity index (χ4v) is 7.56. The van der Waals surface area contributed by atoms with E-state index in [2.05, 4.69) is 24.1 Å². The van der Waals surface area contributed by atoms with Crippen LogP contribution in [-0.2, 0) is 14.4 Å². The van der Waals surface area contributed by atoms with Gasteiger partial charge in [0.1, 0.15) is 10.9 Å². The Morgan fingerprint density at radius 1 is 1.03 bits per heavy atom. The topological polar surface area (TPSA) is 103 Å². The van der Waals surface area contributed by atoms with Gasteiger partial charge in [-0.15, -0.1) is 11.3 Å². The molecule has 2 saturated carbocycles. The Kier molecular flexibility index (Phi) is 6.12. The lowest BCUT2D eigenvalue weighted by molar-refractivity contribution is -0.152. The highest BCUT2D eigenvalue weighted by Crippen LogP contribution is 2.55. The second kappa shape index (κ2) is 9.03. The summed E-state index contributed by atoms with van der Waals surface area (Å²) in [5.74, 6) is -0.562. The Hall–Kier alpha value is -2.49. The van der Waals surface area contributed by atoms with Crippen molar-refractivity contribution in [3.8, 4) is 0 Å². The molecule has 9 nitrogen and oxygen atoms in total. The molecule has 1 aromatic rings. The number of hydrogen-bond acceptors (Lipinski definition) is 6. The van der Waals surface area contributed by atoms with Gasteiger partial charge in [-0.3, -0.25) is 24.2 Å². The van der Waals surface area contributed by atoms with Crippen molar-refractivity contribution in [3.63, 3.8) is 0 Å². The lowest BCUT2D eigenvalue weighted by Crippen LogP contribution is -2.65. The van der Waals surface area contributed by atoms with E-state index in [0.717, 1.165) is 32.4 Å². The fraction of sp³-hybridized carbons (Fsp3) is 0.750. The maximum Gasteiger partial charge on any atom is 0.265 e. The van der Waals surface area contributed by atoms with E-state index in [4.69, 9.17) is 0 Å². The monoisotopic (exact) mass is 541 g/mol. The second-order valence-corrected chi connectivity index (χ2v) is 14.1. The van der Waals surface area contributed by atoms with Crippen molar-refractivity contribution in [2.45, 2.75) is 65.3 Å². The van der Waals surface area contributed by atoms with Crippen LogP contribution in [0.3, 0.4) is 0 Å². The van der Waals surface area contributed by atoms with Gasteiger partial charge in [0, 0.05) is 50.6 Å². The molecule has 5 aliphatic rings. The smallest absolute Gasteiger partial charge is 0.265 e. The van der Waals surface area contributed by atoms with E-state index in [9.17, 15) is 19.2 Å². The standard InChI is InChI=1S/C28H39N5O4S/c1-4-20(24(36)31-9-7-27(5-6-27)8-10-31)30-22(34)19-13-32(25(37)21-12-29-17-38-21)14-28(19)15-33(16-28)23(35)18-11-26(18,2)3/h12,17-20H,4-11,13-16H2,1-3H3,(H,30,34)/t18-,19+,20+/m1/s1. The van der Waals surface area contributed by atoms with Crippen LogP contribution in [0.1, 0.15) is 69.0 Å². The summed E-state index contributed by atoms with van der Waals surface area (Å²) in [5, 5.41) is 3.07. The van der Waals surface area contributed by atoms with Crippen molar-refractivity contribution in [2.24, 2.45) is 28.1 Å². The van der Waals surface area contributed by atoms with Crippen molar-refractivity contribution in [1.82, 2.24) is 25.0 Å². The molecule has 3 atom stereocenters. The first kappa shape index (κ1) is 25.8. The van der Waals surface area contributed by atoms with Crippen molar-refractivity contribution in [3.05, 3.63) is 16.6 Å². The number of nitrogens with zero attached hydrogens (tertiary/aromatic N) is 4. The van der Waals surface area contributed by atoms with E-state index in [-0.39, 0.29) is 41.5 Å². The van der Waals surface area contributed by atoms with Crippen LogP contribution < -0.4 is 5.32 Å². The molecule has 38 heavy (non-hydrogen) atoms. The van der Waals surface area contributed by atoms with Gasteiger partial charge in [0.25, 0.3) is 5.91 Å². The number of piperidine rings is 1. The maximum absolute atomic E-state index is 13.8. The summed E-state index contributed by atoms with van der Waals surface area (Å²) in [6.45, 7) is 9.36. The van der Waals surface area contributed by atoms with Crippen LogP contribution in [0, 0.1) is 28.1 Å². The number of likely N-dealkylation sites (tertiary alicyclic amines) is 3. The van der Waals surface area contributed by atoms with Gasteiger partial charge in [0.05, 0.1) is 17.6 Å². The zero-order valence-electron chi connectivity index (χ0n) is 22.7. The summed E-state index contributed by atoms with van der Waals surface area (Å²) in [7, 11) is 0. The Bertz CT molecular complexity index is 1130. The predicted octanol–water partition coefficient (Wildman–Crippen LogP) is 2.39. The summed E-state index contributed by atoms with van der Waals surface area (Å²) < 4.78 is 0. The number of carbonyl (C=O) groups excluding carboxylic acids is 4. The largest absolute Gasteiger partial charge is 0.344 e. The highest BCUT2D eigenvalue weighted by atomic mass is 32.1. The van der Waals surface area contributed by atoms with E-state index in [0.29, 0.717) is 36.3 Å². The molecule has 0 unspecified atom stereocenters. The van der Waals surface area contributed by atoms with Gasteiger partial charge < -0.3 is 20.0 Å². The molecule has 3 saturated heterocycles. The fourth-order valence-electron chi connectivity index (χ4n) is 6.97. The minimum atomic E-state index is -0.566. The van der Waals surface area contributed by atoms with Crippen LogP contribution >= 0.6 is 11.3 Å². The molecule has 206 valence electrons. The average Bonchev–Trinajstić information content (AvgIpc) is 3.58. The Labute approximate surface area is 228 Å². The molecule has 10 heteroatoms. The minimum absolute atomic E-state index is 0.00219. The Morgan fingerprint density at radius 3 is 2.24 bits per heavy atom. The second-order valence-electron chi connectivity index (χ2n) is 13.2. The van der Waals surface area contributed by atoms with Gasteiger partial charge in [-0.1, -0.05) is 20.8 Å². The number of rotatable bonds is 6. The highest BCUT2D eigenvalue weighted by molar-refractivity contribution is 7.11. The summed E-state index contributed by atoms with van der Waals surface area (Å²) in [6.07, 6.45) is 7.66. The SMILES string of the molecule is CC[C@H](NC(=O)[C@@H]1CN(C(=O)c2cncs2)CC12CN(C(=O)[C@H]1CC1(C)C)C2)C(=O)N1CCC2(CC1)CC2. The molecule has 0 radical (unpaired) electrons. The Balaban J connectivity index is 1.15. The van der Waals surface area contributed by atoms with Crippen LogP contribution in [-0.4, -0.2) is 88.6 Å². The normalized spacial score (nSPS) is 28.7. The first-order chi connectivity index (χ1) is 18.1. The lowest BCUT2D eigenvalue weighted by Gasteiger charge is -2.50. The summed E-state index contributed by atoms with van der Waals surface area (Å²) in [4.78, 5) is 63.5. The average molecular weight is 542 g/mol. The minimum Gasteiger partial charge on any atom is -0.344 e. The van der Waals surface area contributed by atoms with Gasteiger partial charge in [-0.05, 0) is 49.4 Å². The summed E-state index contributed by atoms with van der Waals surface area (Å²) in [5.41, 5.74) is 1.68. The van der Waals surface area contributed by atoms with Crippen LogP contribution in [0.2, 0.25) is 0 Å². The van der Waals surface area contributed by atoms with Crippen LogP contribution in [0.5, 0.6) is 0 Å². The van der Waals surface area contributed by atoms with Crippen molar-refractivity contribution in [2.75, 3.05) is 39.3 Å². The molecule has 3 aliphatic heterocycles. The van der Waals surface area contributed by atoms with Gasteiger partial charge in [0.2, 0.25) is 17.7 Å². The van der Waals surface area contributed by atoms with E-state index >= 15 is 0 Å². The van der Waals surface area contributed by atoms with Gasteiger partial charge in [0.15, 0.2) is 0 Å². The number of thiazole rings is 1. The molecule has 4 heterocycles. The van der Waals surface area contributed by atoms with Crippen molar-refractivity contribution >= 4 is 35.0 Å². The molecule has 1 N–H and O–H groups in total. The van der Waals surface area contributed by atoms with Crippen LogP contribution in [0.4, 0.5) is 0 Å². The lowest BCUT2D eigenvalue weighted by atomic mass is 9.70. The number of amides is 4. The molecular weight excluding hydrogens is 502 g/mol. The molecule has 2 aliphatic carbocycles. The number of hydrogen-bond donors (Lipinski definition) is 1. The molecule has 4 amide bonds. The summed E-state index contributed by atoms with van der Waals surface area (Å²) in [6, 6.07) is -0.566. The van der Waals surface area contributed by atoms with Gasteiger partial charge in [-0.2, -0.15) is 0 Å². The van der Waals surface area contributed by atoms with Crippen molar-refractivity contribution in [1.29, 1.82) is 0 Å². The molecular formula is C28H39N5O4S. The zero-order valence-corrected chi connectivity index (χ0v) is 23.5. The number of nitrogens with one attached hydrogen (secondary N) is 1. The predicted molar refractivity (Wildman–Crippen MR) is 142 cm³/mol. The van der Waals surface area contributed by atoms with Crippen LogP contribution in [0.15, 0.2) is 11.7 Å². The first-order valence-corrected chi connectivity index (χ1v) is 15.0. The Morgan fingerprint density at radius 2 is 1.68 bits per heavy atom. The van der Waals surface area contributed by atoms with E-state index in [1.54, 1.807) is 16.6 Å². The van der Waals surface area contributed by atoms with E-state index in [1.165, 1.54) is 24.2 Å². The number of carbonyl (C=O) groups is 4. The maximum atomic E-state index is 13.8. The molecule has 0 bridgehead atoms. The van der Waals surface area contributed by atoms with Gasteiger partial charge in [-0.25, -0.2) is 0 Å². The zero-order chi connectivity index (χ0) is 26.9. The molecule has 2 spiro atoms. The number of aromatic nitrogens is 1. The molecule has 0 aromatic carbocycles. The molecule has 6 rings (SSSR count). The third kappa shape index (κ3) is 4.42. The van der Waals surface area contributed by atoms with E-state index < -0.39 is 17.4 Å². The molecule has 5 fully saturated rings. The molecule has 1 aromatic heterocycles. The first-order valence-electron chi connectivity index (χ1n) is 14.1. The summed E-state index contributed by atoms with van der Waals surface area (Å²) >= 11 is 1.29. The quantitative estimate of drug-likeness (QED) is 0.596.